The number of aromatic nitrogens is 1. The fourth-order valence-corrected chi connectivity index (χ4v) is 4.64. The van der Waals surface area contributed by atoms with Crippen molar-refractivity contribution in [3.8, 4) is 12.3 Å². The first-order valence-electron chi connectivity index (χ1n) is 9.02. The van der Waals surface area contributed by atoms with Crippen molar-refractivity contribution in [3.05, 3.63) is 24.5 Å². The first-order valence-corrected chi connectivity index (χ1v) is 10.5. The van der Waals surface area contributed by atoms with Gasteiger partial charge in [-0.3, -0.25) is 9.78 Å². The Bertz CT molecular complexity index is 833. The number of terminal acetylenes is 1. The van der Waals surface area contributed by atoms with Crippen molar-refractivity contribution >= 4 is 15.9 Å². The highest BCUT2D eigenvalue weighted by Crippen LogP contribution is 2.36. The van der Waals surface area contributed by atoms with Gasteiger partial charge < -0.3 is 5.32 Å². The molecule has 0 atom stereocenters. The Hall–Kier alpha value is -2.31. The number of nitrogens with zero attached hydrogens (tertiary/aromatic N) is 4. The Morgan fingerprint density at radius 1 is 1.33 bits per heavy atom. The van der Waals surface area contributed by atoms with Crippen molar-refractivity contribution < 1.29 is 13.2 Å². The summed E-state index contributed by atoms with van der Waals surface area (Å²) in [4.78, 5) is 16.4. The number of hydrogen-bond acceptors (Lipinski definition) is 6. The van der Waals surface area contributed by atoms with Crippen LogP contribution in [0.3, 0.4) is 0 Å². The number of rotatable bonds is 8. The number of sulfonamides is 1. The first-order chi connectivity index (χ1) is 13.0. The molecule has 9 heteroatoms. The molecule has 1 amide bonds. The lowest BCUT2D eigenvalue weighted by atomic mass is 9.97. The Kier molecular flexibility index (Phi) is 5.87. The van der Waals surface area contributed by atoms with Crippen molar-refractivity contribution in [1.82, 2.24) is 14.6 Å². The molecule has 3 rings (SSSR count). The quantitative estimate of drug-likeness (QED) is 0.681. The molecular weight excluding hydrogens is 366 g/mol. The minimum atomic E-state index is -3.55. The molecule has 0 saturated carbocycles. The summed E-state index contributed by atoms with van der Waals surface area (Å²) in [5.41, 5.74) is -0.402. The molecular formula is C18H23N5O3S. The molecule has 2 aliphatic rings. The minimum Gasteiger partial charge on any atom is -0.356 e. The number of carbonyl (C=O) groups is 1. The first kappa shape index (κ1) is 19.5. The zero-order valence-corrected chi connectivity index (χ0v) is 15.9. The van der Waals surface area contributed by atoms with Gasteiger partial charge in [0.05, 0.1) is 0 Å². The topological polar surface area (TPSA) is 104 Å². The number of piperidine rings is 1. The molecule has 1 fully saturated rings. The highest BCUT2D eigenvalue weighted by molar-refractivity contribution is 7.89. The van der Waals surface area contributed by atoms with E-state index in [1.54, 1.807) is 6.07 Å². The van der Waals surface area contributed by atoms with Gasteiger partial charge in [-0.25, -0.2) is 8.42 Å². The molecule has 2 aliphatic heterocycles. The minimum absolute atomic E-state index is 0.0406. The summed E-state index contributed by atoms with van der Waals surface area (Å²) >= 11 is 0. The fourth-order valence-electron chi connectivity index (χ4n) is 3.21. The Balaban J connectivity index is 1.44. The van der Waals surface area contributed by atoms with E-state index in [0.29, 0.717) is 51.7 Å². The van der Waals surface area contributed by atoms with Gasteiger partial charge in [-0.2, -0.15) is 14.5 Å². The molecule has 1 N–H and O–H groups in total. The van der Waals surface area contributed by atoms with Gasteiger partial charge in [-0.05, 0) is 25.0 Å². The summed E-state index contributed by atoms with van der Waals surface area (Å²) in [6, 6.07) is 3.13. The van der Waals surface area contributed by atoms with E-state index in [-0.39, 0.29) is 16.7 Å². The SMILES string of the molecule is C#CCCC1(CCNC(=O)C2CCN(S(=O)(=O)c3cccnc3)CC2)N=N1. The maximum Gasteiger partial charge on any atom is 0.244 e. The number of carbonyl (C=O) groups excluding carboxylic acids is 1. The average molecular weight is 389 g/mol. The van der Waals surface area contributed by atoms with E-state index >= 15 is 0 Å². The van der Waals surface area contributed by atoms with Crippen LogP contribution >= 0.6 is 0 Å². The van der Waals surface area contributed by atoms with Crippen LogP contribution in [-0.4, -0.2) is 48.9 Å². The maximum atomic E-state index is 12.6. The van der Waals surface area contributed by atoms with E-state index in [0.717, 1.165) is 0 Å². The lowest BCUT2D eigenvalue weighted by Crippen LogP contribution is -2.43. The normalized spacial score (nSPS) is 19.4. The molecule has 1 aromatic heterocycles. The van der Waals surface area contributed by atoms with Crippen molar-refractivity contribution in [2.45, 2.75) is 42.7 Å². The molecule has 0 radical (unpaired) electrons. The number of nitrogens with one attached hydrogen (secondary N) is 1. The van der Waals surface area contributed by atoms with Gasteiger partial charge >= 0.3 is 0 Å². The van der Waals surface area contributed by atoms with E-state index in [1.807, 2.05) is 0 Å². The summed E-state index contributed by atoms with van der Waals surface area (Å²) in [6.07, 6.45) is 11.1. The monoisotopic (exact) mass is 389 g/mol. The van der Waals surface area contributed by atoms with Gasteiger partial charge in [0.1, 0.15) is 4.90 Å². The smallest absolute Gasteiger partial charge is 0.244 e. The van der Waals surface area contributed by atoms with E-state index in [2.05, 4.69) is 26.4 Å². The van der Waals surface area contributed by atoms with Gasteiger partial charge in [-0.15, -0.1) is 12.3 Å². The predicted molar refractivity (Wildman–Crippen MR) is 99.0 cm³/mol. The second-order valence-corrected chi connectivity index (χ2v) is 8.73. The molecule has 3 heterocycles. The molecule has 0 aliphatic carbocycles. The van der Waals surface area contributed by atoms with Crippen LogP contribution in [0.1, 0.15) is 32.1 Å². The van der Waals surface area contributed by atoms with Gasteiger partial charge in [-0.1, -0.05) is 0 Å². The van der Waals surface area contributed by atoms with Crippen LogP contribution in [-0.2, 0) is 14.8 Å². The number of pyridine rings is 1. The molecule has 27 heavy (non-hydrogen) atoms. The van der Waals surface area contributed by atoms with E-state index < -0.39 is 15.7 Å². The Morgan fingerprint density at radius 3 is 2.67 bits per heavy atom. The van der Waals surface area contributed by atoms with Crippen LogP contribution in [0.25, 0.3) is 0 Å². The van der Waals surface area contributed by atoms with E-state index in [4.69, 9.17) is 6.42 Å². The van der Waals surface area contributed by atoms with Crippen LogP contribution < -0.4 is 5.32 Å². The Morgan fingerprint density at radius 2 is 2.07 bits per heavy atom. The maximum absolute atomic E-state index is 12.6. The van der Waals surface area contributed by atoms with Gasteiger partial charge in [0.25, 0.3) is 0 Å². The largest absolute Gasteiger partial charge is 0.356 e. The highest BCUT2D eigenvalue weighted by atomic mass is 32.2. The lowest BCUT2D eigenvalue weighted by molar-refractivity contribution is -0.126. The van der Waals surface area contributed by atoms with Gasteiger partial charge in [0.15, 0.2) is 5.66 Å². The second-order valence-electron chi connectivity index (χ2n) is 6.79. The third-order valence-corrected chi connectivity index (χ3v) is 6.86. The van der Waals surface area contributed by atoms with Crippen LogP contribution in [0.2, 0.25) is 0 Å². The van der Waals surface area contributed by atoms with Crippen molar-refractivity contribution in [2.75, 3.05) is 19.6 Å². The van der Waals surface area contributed by atoms with Crippen molar-refractivity contribution in [3.63, 3.8) is 0 Å². The summed E-state index contributed by atoms with van der Waals surface area (Å²) < 4.78 is 26.6. The molecule has 0 spiro atoms. The summed E-state index contributed by atoms with van der Waals surface area (Å²) in [7, 11) is -3.55. The lowest BCUT2D eigenvalue weighted by Gasteiger charge is -2.30. The number of hydrogen-bond donors (Lipinski definition) is 1. The van der Waals surface area contributed by atoms with Crippen LogP contribution in [0, 0.1) is 18.3 Å². The van der Waals surface area contributed by atoms with Gasteiger partial charge in [0.2, 0.25) is 15.9 Å². The molecule has 1 aromatic rings. The fraction of sp³-hybridized carbons (Fsp3) is 0.556. The summed E-state index contributed by atoms with van der Waals surface area (Å²) in [6.45, 7) is 1.14. The van der Waals surface area contributed by atoms with Gasteiger partial charge in [0, 0.05) is 57.2 Å². The molecule has 144 valence electrons. The average Bonchev–Trinajstić information content (AvgIpc) is 3.47. The van der Waals surface area contributed by atoms with Crippen LogP contribution in [0.4, 0.5) is 0 Å². The predicted octanol–water partition coefficient (Wildman–Crippen LogP) is 1.56. The van der Waals surface area contributed by atoms with Crippen molar-refractivity contribution in [2.24, 2.45) is 16.1 Å². The van der Waals surface area contributed by atoms with E-state index in [1.165, 1.54) is 22.8 Å². The molecule has 0 aromatic carbocycles. The summed E-state index contributed by atoms with van der Waals surface area (Å²) in [5.74, 6) is 2.36. The number of amides is 1. The molecule has 0 unspecified atom stereocenters. The van der Waals surface area contributed by atoms with Crippen LogP contribution in [0.15, 0.2) is 39.7 Å². The van der Waals surface area contributed by atoms with E-state index in [9.17, 15) is 13.2 Å². The Labute approximate surface area is 159 Å². The molecule has 8 nitrogen and oxygen atoms in total. The molecule has 0 bridgehead atoms. The zero-order chi connectivity index (χ0) is 19.3. The van der Waals surface area contributed by atoms with Crippen LogP contribution in [0.5, 0.6) is 0 Å². The molecule has 1 saturated heterocycles. The third kappa shape index (κ3) is 4.70. The standard InChI is InChI=1S/C18H23N5O3S/c1-2-3-8-18(21-22-18)9-11-20-17(24)15-6-12-23(13-7-15)27(25,26)16-5-4-10-19-14-16/h1,4-5,10,14-15H,3,6-9,11-13H2,(H,20,24). The second kappa shape index (κ2) is 8.15. The van der Waals surface area contributed by atoms with Crippen molar-refractivity contribution in [1.29, 1.82) is 0 Å². The zero-order valence-electron chi connectivity index (χ0n) is 15.0. The summed E-state index contributed by atoms with van der Waals surface area (Å²) in [5, 5.41) is 11.0. The highest BCUT2D eigenvalue weighted by Gasteiger charge is 2.39. The third-order valence-electron chi connectivity index (χ3n) is 4.97.